The zero-order chi connectivity index (χ0) is 13.9. The van der Waals surface area contributed by atoms with Crippen molar-refractivity contribution in [2.45, 2.75) is 32.4 Å². The van der Waals surface area contributed by atoms with Crippen LogP contribution in [0.4, 0.5) is 0 Å². The summed E-state index contributed by atoms with van der Waals surface area (Å²) in [5, 5.41) is 17.0. The Balaban J connectivity index is 1.98. The summed E-state index contributed by atoms with van der Waals surface area (Å²) in [7, 11) is 0. The Bertz CT molecular complexity index is 522. The van der Waals surface area contributed by atoms with Crippen molar-refractivity contribution < 1.29 is 5.11 Å². The molecular formula is C15H20N2OS. The van der Waals surface area contributed by atoms with E-state index in [1.165, 1.54) is 0 Å². The maximum Gasteiger partial charge on any atom is 0.110 e. The lowest BCUT2D eigenvalue weighted by atomic mass is 9.96. The van der Waals surface area contributed by atoms with Crippen LogP contribution in [-0.2, 0) is 5.60 Å². The minimum Gasteiger partial charge on any atom is -0.384 e. The van der Waals surface area contributed by atoms with Gasteiger partial charge in [-0.2, -0.15) is 0 Å². The van der Waals surface area contributed by atoms with Crippen LogP contribution in [0.25, 0.3) is 0 Å². The molecule has 4 heteroatoms. The largest absolute Gasteiger partial charge is 0.384 e. The lowest BCUT2D eigenvalue weighted by Crippen LogP contribution is -2.36. The molecule has 0 fully saturated rings. The normalized spacial score (nSPS) is 16.0. The van der Waals surface area contributed by atoms with E-state index in [9.17, 15) is 5.11 Å². The van der Waals surface area contributed by atoms with Gasteiger partial charge in [-0.15, -0.1) is 11.3 Å². The standard InChI is InChI=1S/C15H20N2OS/c1-11-9-19-14(17-11)12(2)16-10-15(3,18)13-7-5-4-6-8-13/h4-9,12,16,18H,10H2,1-3H3. The molecule has 1 aromatic carbocycles. The number of hydrogen-bond acceptors (Lipinski definition) is 4. The summed E-state index contributed by atoms with van der Waals surface area (Å²) in [5.74, 6) is 0. The first-order valence-electron chi connectivity index (χ1n) is 6.42. The van der Waals surface area contributed by atoms with E-state index < -0.39 is 5.60 Å². The molecule has 3 nitrogen and oxygen atoms in total. The molecule has 0 aliphatic rings. The summed E-state index contributed by atoms with van der Waals surface area (Å²) >= 11 is 1.65. The van der Waals surface area contributed by atoms with Crippen molar-refractivity contribution in [1.82, 2.24) is 10.3 Å². The van der Waals surface area contributed by atoms with E-state index in [0.717, 1.165) is 16.3 Å². The molecule has 19 heavy (non-hydrogen) atoms. The average Bonchev–Trinajstić information content (AvgIpc) is 2.84. The smallest absolute Gasteiger partial charge is 0.110 e. The molecule has 1 heterocycles. The predicted octanol–water partition coefficient (Wildman–Crippen LogP) is 3.01. The van der Waals surface area contributed by atoms with Crippen LogP contribution in [-0.4, -0.2) is 16.6 Å². The van der Waals surface area contributed by atoms with E-state index >= 15 is 0 Å². The summed E-state index contributed by atoms with van der Waals surface area (Å²) in [5.41, 5.74) is 1.09. The van der Waals surface area contributed by atoms with Crippen LogP contribution in [0.15, 0.2) is 35.7 Å². The van der Waals surface area contributed by atoms with Gasteiger partial charge in [-0.05, 0) is 26.3 Å². The lowest BCUT2D eigenvalue weighted by Gasteiger charge is -2.26. The zero-order valence-electron chi connectivity index (χ0n) is 11.6. The van der Waals surface area contributed by atoms with E-state index in [0.29, 0.717) is 6.54 Å². The second kappa shape index (κ2) is 5.82. The second-order valence-corrected chi connectivity index (χ2v) is 5.96. The van der Waals surface area contributed by atoms with Gasteiger partial charge in [0.2, 0.25) is 0 Å². The topological polar surface area (TPSA) is 45.1 Å². The van der Waals surface area contributed by atoms with Crippen LogP contribution in [0.3, 0.4) is 0 Å². The minimum atomic E-state index is -0.873. The number of nitrogens with zero attached hydrogens (tertiary/aromatic N) is 1. The average molecular weight is 276 g/mol. The van der Waals surface area contributed by atoms with E-state index in [-0.39, 0.29) is 6.04 Å². The molecule has 0 saturated heterocycles. The van der Waals surface area contributed by atoms with Gasteiger partial charge in [-0.3, -0.25) is 0 Å². The molecule has 0 bridgehead atoms. The van der Waals surface area contributed by atoms with Gasteiger partial charge in [0.15, 0.2) is 0 Å². The summed E-state index contributed by atoms with van der Waals surface area (Å²) in [4.78, 5) is 4.46. The molecule has 2 aromatic rings. The summed E-state index contributed by atoms with van der Waals surface area (Å²) < 4.78 is 0. The highest BCUT2D eigenvalue weighted by molar-refractivity contribution is 7.09. The maximum absolute atomic E-state index is 10.5. The van der Waals surface area contributed by atoms with Gasteiger partial charge in [-0.1, -0.05) is 30.3 Å². The van der Waals surface area contributed by atoms with Crippen molar-refractivity contribution in [3.63, 3.8) is 0 Å². The molecule has 1 aromatic heterocycles. The fraction of sp³-hybridized carbons (Fsp3) is 0.400. The third-order valence-electron chi connectivity index (χ3n) is 3.16. The highest BCUT2D eigenvalue weighted by atomic mass is 32.1. The molecule has 102 valence electrons. The number of aliphatic hydroxyl groups is 1. The number of aryl methyl sites for hydroxylation is 1. The number of hydrogen-bond donors (Lipinski definition) is 2. The lowest BCUT2D eigenvalue weighted by molar-refractivity contribution is 0.0543. The first-order chi connectivity index (χ1) is 8.99. The first kappa shape index (κ1) is 14.2. The van der Waals surface area contributed by atoms with Gasteiger partial charge in [0.25, 0.3) is 0 Å². The molecule has 0 aliphatic heterocycles. The number of nitrogens with one attached hydrogen (secondary N) is 1. The van der Waals surface area contributed by atoms with Gasteiger partial charge in [0.1, 0.15) is 5.01 Å². The maximum atomic E-state index is 10.5. The van der Waals surface area contributed by atoms with Gasteiger partial charge in [-0.25, -0.2) is 4.98 Å². The highest BCUT2D eigenvalue weighted by Gasteiger charge is 2.23. The van der Waals surface area contributed by atoms with Crippen molar-refractivity contribution in [3.05, 3.63) is 52.0 Å². The summed E-state index contributed by atoms with van der Waals surface area (Å²) in [6.45, 7) is 6.39. The van der Waals surface area contributed by atoms with Crippen LogP contribution >= 0.6 is 11.3 Å². The summed E-state index contributed by atoms with van der Waals surface area (Å²) in [6, 6.07) is 9.87. The molecule has 0 amide bonds. The molecule has 2 N–H and O–H groups in total. The summed E-state index contributed by atoms with van der Waals surface area (Å²) in [6.07, 6.45) is 0. The third kappa shape index (κ3) is 3.62. The van der Waals surface area contributed by atoms with Gasteiger partial charge in [0, 0.05) is 17.6 Å². The molecule has 0 radical (unpaired) electrons. The van der Waals surface area contributed by atoms with Gasteiger partial charge >= 0.3 is 0 Å². The van der Waals surface area contributed by atoms with Crippen molar-refractivity contribution >= 4 is 11.3 Å². The monoisotopic (exact) mass is 276 g/mol. The Morgan fingerprint density at radius 1 is 1.37 bits per heavy atom. The van der Waals surface area contributed by atoms with Crippen LogP contribution in [0.2, 0.25) is 0 Å². The predicted molar refractivity (Wildman–Crippen MR) is 79.3 cm³/mol. The molecule has 2 rings (SSSR count). The second-order valence-electron chi connectivity index (χ2n) is 5.07. The van der Waals surface area contributed by atoms with Crippen LogP contribution < -0.4 is 5.32 Å². The Kier molecular flexibility index (Phi) is 4.34. The molecule has 2 unspecified atom stereocenters. The minimum absolute atomic E-state index is 0.147. The molecule has 0 aliphatic carbocycles. The highest BCUT2D eigenvalue weighted by Crippen LogP contribution is 2.22. The van der Waals surface area contributed by atoms with E-state index in [4.69, 9.17) is 0 Å². The van der Waals surface area contributed by atoms with E-state index in [2.05, 4.69) is 17.2 Å². The van der Waals surface area contributed by atoms with Crippen LogP contribution in [0.1, 0.15) is 36.2 Å². The number of thiazole rings is 1. The zero-order valence-corrected chi connectivity index (χ0v) is 12.4. The fourth-order valence-corrected chi connectivity index (χ4v) is 2.74. The quantitative estimate of drug-likeness (QED) is 0.882. The van der Waals surface area contributed by atoms with Gasteiger partial charge in [0.05, 0.1) is 11.6 Å². The van der Waals surface area contributed by atoms with Crippen LogP contribution in [0.5, 0.6) is 0 Å². The number of aromatic nitrogens is 1. The van der Waals surface area contributed by atoms with E-state index in [1.54, 1.807) is 11.3 Å². The Morgan fingerprint density at radius 3 is 2.63 bits per heavy atom. The molecule has 0 saturated carbocycles. The fourth-order valence-electron chi connectivity index (χ4n) is 1.91. The van der Waals surface area contributed by atoms with Crippen LogP contribution in [0, 0.1) is 6.92 Å². The Hall–Kier alpha value is -1.23. The van der Waals surface area contributed by atoms with Crippen molar-refractivity contribution in [1.29, 1.82) is 0 Å². The van der Waals surface area contributed by atoms with Gasteiger partial charge < -0.3 is 10.4 Å². The Labute approximate surface area is 118 Å². The van der Waals surface area contributed by atoms with E-state index in [1.807, 2.05) is 49.6 Å². The Morgan fingerprint density at radius 2 is 2.05 bits per heavy atom. The van der Waals surface area contributed by atoms with Crippen molar-refractivity contribution in [2.24, 2.45) is 0 Å². The van der Waals surface area contributed by atoms with Crippen molar-refractivity contribution in [3.8, 4) is 0 Å². The number of rotatable bonds is 5. The third-order valence-corrected chi connectivity index (χ3v) is 4.30. The SMILES string of the molecule is Cc1csc(C(C)NCC(C)(O)c2ccccc2)n1. The number of benzene rings is 1. The van der Waals surface area contributed by atoms with Crippen molar-refractivity contribution in [2.75, 3.05) is 6.54 Å². The first-order valence-corrected chi connectivity index (χ1v) is 7.30. The molecule has 2 atom stereocenters. The molecular weight excluding hydrogens is 256 g/mol. The molecule has 0 spiro atoms.